The normalized spacial score (nSPS) is 23.5. The lowest BCUT2D eigenvalue weighted by Gasteiger charge is -2.47. The van der Waals surface area contributed by atoms with Gasteiger partial charge in [0.25, 0.3) is 0 Å². The molecule has 0 bridgehead atoms. The molecule has 0 spiro atoms. The predicted molar refractivity (Wildman–Crippen MR) is 76.4 cm³/mol. The van der Waals surface area contributed by atoms with Crippen molar-refractivity contribution >= 4 is 23.1 Å². The molecule has 1 amide bonds. The zero-order valence-corrected chi connectivity index (χ0v) is 12.8. The number of carbonyl (C=O) groups excluding carboxylic acids is 1. The quantitative estimate of drug-likeness (QED) is 0.795. The third-order valence-corrected chi connectivity index (χ3v) is 3.34. The lowest BCUT2D eigenvalue weighted by Crippen LogP contribution is -2.60. The van der Waals surface area contributed by atoms with E-state index in [1.807, 2.05) is 39.5 Å². The Hall–Kier alpha value is -0.680. The Morgan fingerprint density at radius 1 is 1.33 bits per heavy atom. The number of nitrogens with zero attached hydrogens (tertiary/aromatic N) is 1. The highest BCUT2D eigenvalue weighted by atomic mass is 32.1. The van der Waals surface area contributed by atoms with Crippen LogP contribution in [0.15, 0.2) is 0 Å². The van der Waals surface area contributed by atoms with E-state index in [2.05, 4.69) is 0 Å². The Morgan fingerprint density at radius 3 is 2.11 bits per heavy atom. The van der Waals surface area contributed by atoms with Gasteiger partial charge < -0.3 is 15.4 Å². The summed E-state index contributed by atoms with van der Waals surface area (Å²) in [4.78, 5) is 14.6. The van der Waals surface area contributed by atoms with Gasteiger partial charge in [-0.05, 0) is 34.1 Å². The molecule has 1 unspecified atom stereocenters. The molecular weight excluding hydrogens is 248 g/mol. The maximum Gasteiger partial charge on any atom is 0.232 e. The number of morpholine rings is 1. The molecule has 0 aromatic carbocycles. The molecule has 5 heteroatoms. The maximum atomic E-state index is 12.4. The van der Waals surface area contributed by atoms with Gasteiger partial charge in [-0.3, -0.25) is 4.79 Å². The smallest absolute Gasteiger partial charge is 0.232 e. The number of ether oxygens (including phenoxy) is 1. The summed E-state index contributed by atoms with van der Waals surface area (Å²) in [6.07, 6.45) is 0.645. The molecule has 18 heavy (non-hydrogen) atoms. The van der Waals surface area contributed by atoms with Crippen LogP contribution >= 0.6 is 12.2 Å². The van der Waals surface area contributed by atoms with Crippen LogP contribution in [-0.4, -0.2) is 40.1 Å². The number of nitrogens with two attached hydrogens (primary N) is 1. The first kappa shape index (κ1) is 15.4. The first-order valence-electron chi connectivity index (χ1n) is 6.36. The van der Waals surface area contributed by atoms with Gasteiger partial charge in [-0.2, -0.15) is 0 Å². The molecule has 1 aliphatic heterocycles. The van der Waals surface area contributed by atoms with E-state index in [4.69, 9.17) is 22.7 Å². The Kier molecular flexibility index (Phi) is 4.38. The molecular formula is C13H24N2O2S. The van der Waals surface area contributed by atoms with E-state index in [-0.39, 0.29) is 28.0 Å². The molecule has 0 saturated carbocycles. The predicted octanol–water partition coefficient (Wildman–Crippen LogP) is 1.71. The first-order chi connectivity index (χ1) is 8.08. The summed E-state index contributed by atoms with van der Waals surface area (Å²) in [7, 11) is 0. The highest BCUT2D eigenvalue weighted by Crippen LogP contribution is 2.29. The number of amides is 1. The molecule has 0 aromatic rings. The van der Waals surface area contributed by atoms with E-state index in [9.17, 15) is 4.79 Å². The summed E-state index contributed by atoms with van der Waals surface area (Å²) < 4.78 is 5.96. The lowest BCUT2D eigenvalue weighted by molar-refractivity contribution is -0.189. The molecule has 1 heterocycles. The number of carbonyl (C=O) groups is 1. The molecule has 1 atom stereocenters. The van der Waals surface area contributed by atoms with Crippen LogP contribution in [0.2, 0.25) is 0 Å². The fourth-order valence-corrected chi connectivity index (χ4v) is 2.93. The lowest BCUT2D eigenvalue weighted by atomic mass is 9.96. The van der Waals surface area contributed by atoms with E-state index in [1.165, 1.54) is 0 Å². The molecule has 1 fully saturated rings. The van der Waals surface area contributed by atoms with Gasteiger partial charge >= 0.3 is 0 Å². The average Bonchev–Trinajstić information content (AvgIpc) is 2.12. The minimum Gasteiger partial charge on any atom is -0.393 e. The molecule has 0 radical (unpaired) electrons. The van der Waals surface area contributed by atoms with E-state index in [0.29, 0.717) is 19.5 Å². The Bertz CT molecular complexity index is 337. The van der Waals surface area contributed by atoms with E-state index in [0.717, 1.165) is 0 Å². The minimum absolute atomic E-state index is 0.0226. The Balaban J connectivity index is 2.88. The highest BCUT2D eigenvalue weighted by molar-refractivity contribution is 7.80. The SMILES string of the molecule is CCC(C(=O)N1CC(C)(C)OC(C)(C)C1)C(N)=S. The van der Waals surface area contributed by atoms with Crippen molar-refractivity contribution in [3.8, 4) is 0 Å². The fraction of sp³-hybridized carbons (Fsp3) is 0.846. The van der Waals surface area contributed by atoms with E-state index < -0.39 is 0 Å². The van der Waals surface area contributed by atoms with Crippen molar-refractivity contribution in [2.24, 2.45) is 11.7 Å². The third-order valence-electron chi connectivity index (χ3n) is 3.06. The minimum atomic E-state index is -0.357. The number of hydrogen-bond acceptors (Lipinski definition) is 3. The van der Waals surface area contributed by atoms with Gasteiger partial charge in [0.05, 0.1) is 22.1 Å². The maximum absolute atomic E-state index is 12.4. The van der Waals surface area contributed by atoms with Gasteiger partial charge in [0.2, 0.25) is 5.91 Å². The summed E-state index contributed by atoms with van der Waals surface area (Å²) in [6, 6.07) is 0. The van der Waals surface area contributed by atoms with Crippen molar-refractivity contribution in [3.63, 3.8) is 0 Å². The van der Waals surface area contributed by atoms with Crippen molar-refractivity contribution in [2.45, 2.75) is 52.2 Å². The van der Waals surface area contributed by atoms with Gasteiger partial charge in [0, 0.05) is 13.1 Å². The van der Waals surface area contributed by atoms with Crippen LogP contribution in [0, 0.1) is 5.92 Å². The molecule has 0 aromatic heterocycles. The molecule has 104 valence electrons. The van der Waals surface area contributed by atoms with Crippen LogP contribution in [0.25, 0.3) is 0 Å². The molecule has 1 saturated heterocycles. The van der Waals surface area contributed by atoms with Crippen LogP contribution in [-0.2, 0) is 9.53 Å². The zero-order chi connectivity index (χ0) is 14.1. The van der Waals surface area contributed by atoms with Crippen LogP contribution in [0.3, 0.4) is 0 Å². The molecule has 1 rings (SSSR count). The number of hydrogen-bond donors (Lipinski definition) is 1. The molecule has 2 N–H and O–H groups in total. The molecule has 0 aliphatic carbocycles. The van der Waals surface area contributed by atoms with Gasteiger partial charge in [0.15, 0.2) is 0 Å². The van der Waals surface area contributed by atoms with Gasteiger partial charge in [-0.15, -0.1) is 0 Å². The summed E-state index contributed by atoms with van der Waals surface area (Å²) in [5.74, 6) is -0.334. The molecule has 1 aliphatic rings. The van der Waals surface area contributed by atoms with Crippen LogP contribution < -0.4 is 5.73 Å². The second kappa shape index (κ2) is 5.13. The third kappa shape index (κ3) is 3.65. The Labute approximate surface area is 115 Å². The number of thiocarbonyl (C=S) groups is 1. The average molecular weight is 272 g/mol. The van der Waals surface area contributed by atoms with Crippen molar-refractivity contribution < 1.29 is 9.53 Å². The van der Waals surface area contributed by atoms with E-state index in [1.54, 1.807) is 0 Å². The number of rotatable bonds is 3. The summed E-state index contributed by atoms with van der Waals surface area (Å²) >= 11 is 4.98. The topological polar surface area (TPSA) is 55.6 Å². The second-order valence-electron chi connectivity index (χ2n) is 6.18. The van der Waals surface area contributed by atoms with Crippen molar-refractivity contribution in [1.82, 2.24) is 4.90 Å². The van der Waals surface area contributed by atoms with Gasteiger partial charge in [-0.25, -0.2) is 0 Å². The summed E-state index contributed by atoms with van der Waals surface area (Å²) in [5.41, 5.74) is 4.96. The van der Waals surface area contributed by atoms with Crippen LogP contribution in [0.4, 0.5) is 0 Å². The largest absolute Gasteiger partial charge is 0.393 e. The first-order valence-corrected chi connectivity index (χ1v) is 6.77. The second-order valence-corrected chi connectivity index (χ2v) is 6.65. The van der Waals surface area contributed by atoms with Crippen LogP contribution in [0.5, 0.6) is 0 Å². The van der Waals surface area contributed by atoms with Gasteiger partial charge in [-0.1, -0.05) is 19.1 Å². The van der Waals surface area contributed by atoms with Crippen molar-refractivity contribution in [3.05, 3.63) is 0 Å². The highest BCUT2D eigenvalue weighted by Gasteiger charge is 2.41. The summed E-state index contributed by atoms with van der Waals surface area (Å²) in [6.45, 7) is 11.1. The Morgan fingerprint density at radius 2 is 1.78 bits per heavy atom. The van der Waals surface area contributed by atoms with Crippen LogP contribution in [0.1, 0.15) is 41.0 Å². The monoisotopic (exact) mass is 272 g/mol. The zero-order valence-electron chi connectivity index (χ0n) is 11.9. The van der Waals surface area contributed by atoms with E-state index >= 15 is 0 Å². The summed E-state index contributed by atoms with van der Waals surface area (Å²) in [5, 5.41) is 0. The van der Waals surface area contributed by atoms with Gasteiger partial charge in [0.1, 0.15) is 0 Å². The molecule has 4 nitrogen and oxygen atoms in total. The van der Waals surface area contributed by atoms with Crippen molar-refractivity contribution in [1.29, 1.82) is 0 Å². The van der Waals surface area contributed by atoms with Crippen molar-refractivity contribution in [2.75, 3.05) is 13.1 Å². The standard InChI is InChI=1S/C13H24N2O2S/c1-6-9(10(14)18)11(16)15-7-12(2,3)17-13(4,5)8-15/h9H,6-8H2,1-5H3,(H2,14,18). The fourth-order valence-electron chi connectivity index (χ4n) is 2.66.